The average molecular weight is 261 g/mol. The molecular weight excluding hydrogens is 251 g/mol. The molecule has 0 aliphatic rings. The standard InChI is InChI=1S/C3H6ClOP.2ClH2P/c1-3(5)2-6-4;2*1-2/h6H,2H2,1H3;2*2H2. The molecule has 0 N–H and O–H groups in total. The summed E-state index contributed by atoms with van der Waals surface area (Å²) in [5, 5.41) is 0. The fourth-order valence-electron chi connectivity index (χ4n) is 0.0941. The fraction of sp³-hybridized carbons (Fsp3) is 0.667. The second-order valence-electron chi connectivity index (χ2n) is 1.01. The largest absolute Gasteiger partial charge is 0.300 e. The maximum atomic E-state index is 9.97. The van der Waals surface area contributed by atoms with Crippen molar-refractivity contribution in [1.29, 1.82) is 0 Å². The number of Topliss-reactive ketones (excluding diaryl/α,β-unsaturated/α-hetero) is 1. The highest BCUT2D eigenvalue weighted by atomic mass is 35.7. The number of hydrogen-bond donors (Lipinski definition) is 0. The Morgan fingerprint density at radius 1 is 1.40 bits per heavy atom. The molecule has 0 spiro atoms. The molecule has 0 aliphatic heterocycles. The molecule has 0 amide bonds. The van der Waals surface area contributed by atoms with Gasteiger partial charge >= 0.3 is 0 Å². The first-order valence-electron chi connectivity index (χ1n) is 2.04. The van der Waals surface area contributed by atoms with Crippen molar-refractivity contribution >= 4 is 64.6 Å². The monoisotopic (exact) mass is 260 g/mol. The molecule has 0 radical (unpaired) electrons. The van der Waals surface area contributed by atoms with E-state index in [4.69, 9.17) is 11.2 Å². The Labute approximate surface area is 82.5 Å². The highest BCUT2D eigenvalue weighted by molar-refractivity contribution is 7.69. The summed E-state index contributed by atoms with van der Waals surface area (Å²) < 4.78 is 0. The van der Waals surface area contributed by atoms with E-state index in [0.29, 0.717) is 6.16 Å². The third kappa shape index (κ3) is 32.9. The van der Waals surface area contributed by atoms with E-state index in [0.717, 1.165) is 0 Å². The van der Waals surface area contributed by atoms with Crippen LogP contribution in [0.3, 0.4) is 0 Å². The first-order chi connectivity index (χ1) is 4.77. The van der Waals surface area contributed by atoms with Gasteiger partial charge in [-0.1, -0.05) is 11.2 Å². The molecule has 1 nitrogen and oxygen atoms in total. The number of ketones is 1. The lowest BCUT2D eigenvalue weighted by Gasteiger charge is -1.79. The van der Waals surface area contributed by atoms with Gasteiger partial charge in [0, 0.05) is 6.16 Å². The summed E-state index contributed by atoms with van der Waals surface area (Å²) in [5.41, 5.74) is 0. The van der Waals surface area contributed by atoms with Crippen LogP contribution in [0.4, 0.5) is 0 Å². The van der Waals surface area contributed by atoms with Gasteiger partial charge in [-0.25, -0.2) is 0 Å². The molecule has 0 saturated heterocycles. The molecule has 0 saturated carbocycles. The van der Waals surface area contributed by atoms with Gasteiger partial charge < -0.3 is 0 Å². The predicted molar refractivity (Wildman–Crippen MR) is 60.8 cm³/mol. The van der Waals surface area contributed by atoms with Crippen LogP contribution in [0.1, 0.15) is 6.92 Å². The van der Waals surface area contributed by atoms with E-state index in [-0.39, 0.29) is 13.7 Å². The molecule has 0 rings (SSSR count). The lowest BCUT2D eigenvalue weighted by Crippen LogP contribution is -1.87. The van der Waals surface area contributed by atoms with Crippen molar-refractivity contribution in [2.75, 3.05) is 6.16 Å². The molecule has 0 aromatic rings. The fourth-order valence-corrected chi connectivity index (χ4v) is 0.847. The summed E-state index contributed by atoms with van der Waals surface area (Å²) in [6, 6.07) is 0. The Balaban J connectivity index is -0.000000105. The van der Waals surface area contributed by atoms with E-state index in [1.54, 1.807) is 0 Å². The lowest BCUT2D eigenvalue weighted by atomic mass is 10.5. The number of halogens is 3. The molecule has 7 heteroatoms. The van der Waals surface area contributed by atoms with Gasteiger partial charge in [-0.15, -0.1) is 22.5 Å². The zero-order valence-electron chi connectivity index (χ0n) is 5.40. The molecular formula is C3H10Cl3OP3. The minimum Gasteiger partial charge on any atom is -0.300 e. The molecule has 3 atom stereocenters. The zero-order chi connectivity index (χ0) is 8.99. The van der Waals surface area contributed by atoms with E-state index < -0.39 is 0 Å². The molecule has 0 fully saturated rings. The predicted octanol–water partition coefficient (Wildman–Crippen LogP) is 3.44. The average Bonchev–Trinajstić information content (AvgIpc) is 1.96. The summed E-state index contributed by atoms with van der Waals surface area (Å²) in [6.45, 7) is 1.54. The SMILES string of the molecule is CC(=O)CPCl.PCl.PCl. The molecule has 0 heterocycles. The van der Waals surface area contributed by atoms with Crippen LogP contribution in [0.5, 0.6) is 0 Å². The second kappa shape index (κ2) is 22.4. The summed E-state index contributed by atoms with van der Waals surface area (Å²) in [7, 11) is 4.04. The third-order valence-electron chi connectivity index (χ3n) is 0.316. The van der Waals surface area contributed by atoms with Crippen LogP contribution in [0.2, 0.25) is 0 Å². The Morgan fingerprint density at radius 2 is 1.70 bits per heavy atom. The highest BCUT2D eigenvalue weighted by Crippen LogP contribution is 2.13. The van der Waals surface area contributed by atoms with Crippen molar-refractivity contribution in [1.82, 2.24) is 0 Å². The van der Waals surface area contributed by atoms with Crippen LogP contribution in [0, 0.1) is 0 Å². The van der Waals surface area contributed by atoms with Crippen LogP contribution in [0.15, 0.2) is 0 Å². The maximum absolute atomic E-state index is 9.97. The van der Waals surface area contributed by atoms with Gasteiger partial charge in [-0.3, -0.25) is 4.79 Å². The quantitative estimate of drug-likeness (QED) is 0.696. The Morgan fingerprint density at radius 3 is 1.70 bits per heavy atom. The lowest BCUT2D eigenvalue weighted by molar-refractivity contribution is -0.114. The van der Waals surface area contributed by atoms with Gasteiger partial charge in [0.1, 0.15) is 5.78 Å². The van der Waals surface area contributed by atoms with Crippen molar-refractivity contribution in [3.63, 3.8) is 0 Å². The minimum atomic E-state index is 0.170. The van der Waals surface area contributed by atoms with Crippen LogP contribution < -0.4 is 0 Å². The van der Waals surface area contributed by atoms with Crippen LogP contribution in [0.25, 0.3) is 0 Å². The van der Waals surface area contributed by atoms with Gasteiger partial charge in [-0.05, 0) is 32.0 Å². The van der Waals surface area contributed by atoms with Crippen molar-refractivity contribution in [3.05, 3.63) is 0 Å². The molecule has 0 aliphatic carbocycles. The smallest absolute Gasteiger partial charge is 0.134 e. The van der Waals surface area contributed by atoms with E-state index in [9.17, 15) is 4.79 Å². The minimum absolute atomic E-state index is 0.170. The number of carbonyl (C=O) groups excluding carboxylic acids is 1. The van der Waals surface area contributed by atoms with Crippen molar-refractivity contribution in [3.8, 4) is 0 Å². The summed E-state index contributed by atoms with van der Waals surface area (Å²) in [5.74, 6) is 0.170. The Kier molecular flexibility index (Phi) is 39.9. The Hall–Kier alpha value is 1.83. The van der Waals surface area contributed by atoms with Gasteiger partial charge in [0.15, 0.2) is 0 Å². The van der Waals surface area contributed by atoms with Crippen LogP contribution in [-0.4, -0.2) is 11.9 Å². The van der Waals surface area contributed by atoms with Gasteiger partial charge in [0.05, 0.1) is 0 Å². The molecule has 64 valence electrons. The van der Waals surface area contributed by atoms with Crippen molar-refractivity contribution in [2.45, 2.75) is 6.92 Å². The molecule has 0 bridgehead atoms. The zero-order valence-corrected chi connectivity index (χ0v) is 11.0. The summed E-state index contributed by atoms with van der Waals surface area (Å²) >= 11 is 14.3. The van der Waals surface area contributed by atoms with Crippen LogP contribution in [-0.2, 0) is 4.79 Å². The molecule has 0 aromatic carbocycles. The van der Waals surface area contributed by atoms with Gasteiger partial charge in [0.25, 0.3) is 0 Å². The van der Waals surface area contributed by atoms with Crippen molar-refractivity contribution < 1.29 is 4.79 Å². The highest BCUT2D eigenvalue weighted by Gasteiger charge is 1.85. The third-order valence-corrected chi connectivity index (χ3v) is 1.35. The number of hydrogen-bond acceptors (Lipinski definition) is 1. The van der Waals surface area contributed by atoms with E-state index in [1.165, 1.54) is 6.92 Å². The Bertz CT molecular complexity index is 63.0. The molecule has 10 heavy (non-hydrogen) atoms. The van der Waals surface area contributed by atoms with Crippen LogP contribution >= 0.6 is 58.8 Å². The first kappa shape index (κ1) is 17.8. The maximum Gasteiger partial charge on any atom is 0.134 e. The van der Waals surface area contributed by atoms with E-state index >= 15 is 0 Å². The molecule has 3 unspecified atom stereocenters. The topological polar surface area (TPSA) is 17.1 Å². The van der Waals surface area contributed by atoms with Gasteiger partial charge in [-0.2, -0.15) is 0 Å². The van der Waals surface area contributed by atoms with Crippen molar-refractivity contribution in [2.24, 2.45) is 0 Å². The van der Waals surface area contributed by atoms with E-state index in [1.807, 2.05) is 17.2 Å². The molecule has 0 aromatic heterocycles. The second-order valence-corrected chi connectivity index (χ2v) is 2.44. The number of carbonyl (C=O) groups is 1. The normalized spacial score (nSPS) is 7.40. The number of rotatable bonds is 2. The first-order valence-corrected chi connectivity index (χ1v) is 7.75. The summed E-state index contributed by atoms with van der Waals surface area (Å²) in [6.07, 6.45) is 0.529. The summed E-state index contributed by atoms with van der Waals surface area (Å²) in [4.78, 5) is 9.97. The van der Waals surface area contributed by atoms with Gasteiger partial charge in [0.2, 0.25) is 0 Å². The van der Waals surface area contributed by atoms with E-state index in [2.05, 4.69) is 22.5 Å².